The number of hydrogen-bond acceptors (Lipinski definition) is 4. The molecule has 0 radical (unpaired) electrons. The highest BCUT2D eigenvalue weighted by Gasteiger charge is 2.34. The quantitative estimate of drug-likeness (QED) is 0.696. The number of ether oxygens (including phenoxy) is 1. The number of esters is 1. The normalized spacial score (nSPS) is 19.4. The summed E-state index contributed by atoms with van der Waals surface area (Å²) >= 11 is 6.14. The molecule has 2 aromatic rings. The number of carbonyl (C=O) groups is 2. The first-order valence-corrected chi connectivity index (χ1v) is 10.5. The number of halogens is 1. The number of urea groups is 1. The lowest BCUT2D eigenvalue weighted by Crippen LogP contribution is -2.48. The summed E-state index contributed by atoms with van der Waals surface area (Å²) in [6, 6.07) is 16.4. The number of nitrogens with zero attached hydrogens (tertiary/aromatic N) is 1. The van der Waals surface area contributed by atoms with Crippen molar-refractivity contribution < 1.29 is 14.3 Å². The van der Waals surface area contributed by atoms with E-state index in [4.69, 9.17) is 16.3 Å². The summed E-state index contributed by atoms with van der Waals surface area (Å²) in [5.41, 5.74) is 4.21. The standard InChI is InChI=1S/C24H24ClN3O3/c1-31-23(29)21-20(26-24(30)27-22(21)18-8-5-9-19(25)14-18)15-28-12-10-17(11-13-28)16-6-3-2-4-7-16/h2-10,14,22H,11-13,15H2,1H3,(H2,26,27,30). The molecule has 0 fully saturated rings. The van der Waals surface area contributed by atoms with Gasteiger partial charge in [0.25, 0.3) is 0 Å². The molecule has 160 valence electrons. The van der Waals surface area contributed by atoms with Crippen LogP contribution in [0.2, 0.25) is 5.02 Å². The second-order valence-corrected chi connectivity index (χ2v) is 7.99. The Morgan fingerprint density at radius 2 is 2.00 bits per heavy atom. The third-order valence-electron chi connectivity index (χ3n) is 5.56. The van der Waals surface area contributed by atoms with Crippen molar-refractivity contribution in [3.63, 3.8) is 0 Å². The van der Waals surface area contributed by atoms with Gasteiger partial charge >= 0.3 is 12.0 Å². The van der Waals surface area contributed by atoms with Crippen molar-refractivity contribution in [1.82, 2.24) is 15.5 Å². The van der Waals surface area contributed by atoms with Crippen molar-refractivity contribution in [2.24, 2.45) is 0 Å². The van der Waals surface area contributed by atoms with Gasteiger partial charge in [-0.2, -0.15) is 0 Å². The van der Waals surface area contributed by atoms with Gasteiger partial charge in [0.2, 0.25) is 0 Å². The molecule has 2 aromatic carbocycles. The lowest BCUT2D eigenvalue weighted by Gasteiger charge is -2.33. The van der Waals surface area contributed by atoms with E-state index in [-0.39, 0.29) is 6.03 Å². The Kier molecular flexibility index (Phi) is 6.39. The van der Waals surface area contributed by atoms with Crippen LogP contribution in [0.3, 0.4) is 0 Å². The van der Waals surface area contributed by atoms with Gasteiger partial charge in [0.15, 0.2) is 0 Å². The maximum absolute atomic E-state index is 12.7. The van der Waals surface area contributed by atoms with Crippen LogP contribution in [0, 0.1) is 0 Å². The topological polar surface area (TPSA) is 70.7 Å². The zero-order valence-corrected chi connectivity index (χ0v) is 18.0. The maximum Gasteiger partial charge on any atom is 0.338 e. The number of amides is 2. The smallest absolute Gasteiger partial charge is 0.338 e. The minimum Gasteiger partial charge on any atom is -0.466 e. The van der Waals surface area contributed by atoms with Gasteiger partial charge in [-0.1, -0.05) is 60.1 Å². The highest BCUT2D eigenvalue weighted by Crippen LogP contribution is 2.30. The minimum atomic E-state index is -0.630. The molecule has 2 amide bonds. The molecule has 31 heavy (non-hydrogen) atoms. The van der Waals surface area contributed by atoms with E-state index >= 15 is 0 Å². The number of rotatable bonds is 5. The highest BCUT2D eigenvalue weighted by atomic mass is 35.5. The Labute approximate surface area is 186 Å². The molecule has 0 aromatic heterocycles. The van der Waals surface area contributed by atoms with Crippen LogP contribution < -0.4 is 10.6 Å². The molecular formula is C24H24ClN3O3. The lowest BCUT2D eigenvalue weighted by atomic mass is 9.94. The summed E-state index contributed by atoms with van der Waals surface area (Å²) in [4.78, 5) is 27.3. The van der Waals surface area contributed by atoms with Crippen molar-refractivity contribution in [2.45, 2.75) is 12.5 Å². The van der Waals surface area contributed by atoms with Gasteiger partial charge in [-0.05, 0) is 35.3 Å². The Balaban J connectivity index is 1.60. The minimum absolute atomic E-state index is 0.356. The number of nitrogens with one attached hydrogen (secondary N) is 2. The van der Waals surface area contributed by atoms with Gasteiger partial charge < -0.3 is 15.4 Å². The average Bonchev–Trinajstić information content (AvgIpc) is 2.79. The van der Waals surface area contributed by atoms with E-state index in [1.54, 1.807) is 18.2 Å². The molecule has 2 aliphatic rings. The van der Waals surface area contributed by atoms with Gasteiger partial charge in [-0.3, -0.25) is 4.90 Å². The predicted molar refractivity (Wildman–Crippen MR) is 120 cm³/mol. The molecular weight excluding hydrogens is 414 g/mol. The summed E-state index contributed by atoms with van der Waals surface area (Å²) in [6.07, 6.45) is 3.10. The van der Waals surface area contributed by atoms with Crippen LogP contribution in [0.4, 0.5) is 4.79 Å². The van der Waals surface area contributed by atoms with Crippen LogP contribution in [-0.2, 0) is 9.53 Å². The Bertz CT molecular complexity index is 1050. The van der Waals surface area contributed by atoms with Crippen molar-refractivity contribution in [3.8, 4) is 0 Å². The van der Waals surface area contributed by atoms with Gasteiger partial charge in [0.05, 0.1) is 18.7 Å². The number of methoxy groups -OCH3 is 1. The fourth-order valence-electron chi connectivity index (χ4n) is 4.02. The first kappa shape index (κ1) is 21.2. The van der Waals surface area contributed by atoms with Gasteiger partial charge in [0, 0.05) is 30.4 Å². The molecule has 6 nitrogen and oxygen atoms in total. The molecule has 1 unspecified atom stereocenters. The number of hydrogen-bond donors (Lipinski definition) is 2. The van der Waals surface area contributed by atoms with Crippen LogP contribution in [0.1, 0.15) is 23.6 Å². The van der Waals surface area contributed by atoms with Gasteiger partial charge in [-0.15, -0.1) is 0 Å². The summed E-state index contributed by atoms with van der Waals surface area (Å²) in [6.45, 7) is 1.99. The van der Waals surface area contributed by atoms with Crippen LogP contribution in [0.15, 0.2) is 71.9 Å². The Morgan fingerprint density at radius 3 is 2.68 bits per heavy atom. The monoisotopic (exact) mass is 437 g/mol. The molecule has 0 spiro atoms. The number of carbonyl (C=O) groups excluding carboxylic acids is 2. The van der Waals surface area contributed by atoms with Crippen LogP contribution in [0.5, 0.6) is 0 Å². The van der Waals surface area contributed by atoms with Crippen LogP contribution >= 0.6 is 11.6 Å². The summed E-state index contributed by atoms with van der Waals surface area (Å²) in [5.74, 6) is -0.481. The molecule has 7 heteroatoms. The summed E-state index contributed by atoms with van der Waals surface area (Å²) < 4.78 is 5.05. The largest absolute Gasteiger partial charge is 0.466 e. The highest BCUT2D eigenvalue weighted by molar-refractivity contribution is 6.30. The Morgan fingerprint density at radius 1 is 1.19 bits per heavy atom. The zero-order chi connectivity index (χ0) is 21.8. The molecule has 0 saturated heterocycles. The fraction of sp³-hybridized carbons (Fsp3) is 0.250. The van der Waals surface area contributed by atoms with E-state index in [0.717, 1.165) is 25.1 Å². The number of benzene rings is 2. The van der Waals surface area contributed by atoms with E-state index in [2.05, 4.69) is 33.7 Å². The zero-order valence-electron chi connectivity index (χ0n) is 17.2. The molecule has 0 bridgehead atoms. The first-order chi connectivity index (χ1) is 15.0. The maximum atomic E-state index is 12.7. The van der Waals surface area contributed by atoms with Gasteiger partial charge in [0.1, 0.15) is 0 Å². The fourth-order valence-corrected chi connectivity index (χ4v) is 4.22. The molecule has 4 rings (SSSR count). The molecule has 2 heterocycles. The van der Waals surface area contributed by atoms with E-state index < -0.39 is 12.0 Å². The predicted octanol–water partition coefficient (Wildman–Crippen LogP) is 3.91. The average molecular weight is 438 g/mol. The molecule has 2 aliphatic heterocycles. The molecule has 1 atom stereocenters. The van der Waals surface area contributed by atoms with Crippen molar-refractivity contribution in [3.05, 3.63) is 88.1 Å². The second kappa shape index (κ2) is 9.37. The van der Waals surface area contributed by atoms with E-state index in [9.17, 15) is 9.59 Å². The van der Waals surface area contributed by atoms with Crippen molar-refractivity contribution in [1.29, 1.82) is 0 Å². The SMILES string of the molecule is COC(=O)C1=C(CN2CC=C(c3ccccc3)CC2)NC(=O)NC1c1cccc(Cl)c1. The Hall–Kier alpha value is -3.09. The van der Waals surface area contributed by atoms with E-state index in [0.29, 0.717) is 22.8 Å². The van der Waals surface area contributed by atoms with Crippen molar-refractivity contribution in [2.75, 3.05) is 26.7 Å². The van der Waals surface area contributed by atoms with Crippen molar-refractivity contribution >= 4 is 29.2 Å². The second-order valence-electron chi connectivity index (χ2n) is 7.55. The summed E-state index contributed by atoms with van der Waals surface area (Å²) in [7, 11) is 1.34. The third kappa shape index (κ3) is 4.81. The molecule has 0 saturated carbocycles. The van der Waals surface area contributed by atoms with E-state index in [1.165, 1.54) is 18.2 Å². The van der Waals surface area contributed by atoms with Crippen LogP contribution in [0.25, 0.3) is 5.57 Å². The van der Waals surface area contributed by atoms with Gasteiger partial charge in [-0.25, -0.2) is 9.59 Å². The summed E-state index contributed by atoms with van der Waals surface area (Å²) in [5, 5.41) is 6.18. The molecule has 0 aliphatic carbocycles. The lowest BCUT2D eigenvalue weighted by molar-refractivity contribution is -0.136. The first-order valence-electron chi connectivity index (χ1n) is 10.2. The van der Waals surface area contributed by atoms with E-state index in [1.807, 2.05) is 24.3 Å². The molecule has 2 N–H and O–H groups in total. The van der Waals surface area contributed by atoms with Crippen LogP contribution in [-0.4, -0.2) is 43.6 Å². The third-order valence-corrected chi connectivity index (χ3v) is 5.80.